The van der Waals surface area contributed by atoms with Gasteiger partial charge in [0.25, 0.3) is 0 Å². The van der Waals surface area contributed by atoms with Gasteiger partial charge in [0.15, 0.2) is 0 Å². The van der Waals surface area contributed by atoms with Gasteiger partial charge in [-0.25, -0.2) is 0 Å². The second kappa shape index (κ2) is 13.9. The highest BCUT2D eigenvalue weighted by Crippen LogP contribution is 2.66. The second-order valence-corrected chi connectivity index (χ2v) is 13.3. The van der Waals surface area contributed by atoms with Crippen LogP contribution in [0, 0.1) is 46.3 Å². The van der Waals surface area contributed by atoms with Crippen molar-refractivity contribution in [3.8, 4) is 0 Å². The van der Waals surface area contributed by atoms with Gasteiger partial charge >= 0.3 is 0 Å². The van der Waals surface area contributed by atoms with Gasteiger partial charge in [0.05, 0.1) is 0 Å². The number of rotatable bonds is 5. The Morgan fingerprint density at radius 1 is 0.800 bits per heavy atom. The minimum atomic E-state index is 0.485. The summed E-state index contributed by atoms with van der Waals surface area (Å²) in [5.41, 5.74) is 4.73. The van der Waals surface area contributed by atoms with E-state index in [1.165, 1.54) is 83.5 Å². The van der Waals surface area contributed by atoms with Crippen LogP contribution in [0.2, 0.25) is 0 Å². The summed E-state index contributed by atoms with van der Waals surface area (Å²) < 4.78 is 0. The molecule has 0 aromatic heterocycles. The Bertz CT molecular complexity index is 675. The summed E-state index contributed by atoms with van der Waals surface area (Å²) in [5.74, 6) is 5.35. The van der Waals surface area contributed by atoms with E-state index >= 15 is 0 Å². The third kappa shape index (κ3) is 7.08. The lowest BCUT2D eigenvalue weighted by Crippen LogP contribution is -2.46. The Kier molecular flexibility index (Phi) is 12.2. The van der Waals surface area contributed by atoms with Crippen molar-refractivity contribution in [2.45, 2.75) is 153 Å². The van der Waals surface area contributed by atoms with Gasteiger partial charge in [-0.15, -0.1) is 0 Å². The Morgan fingerprint density at radius 3 is 2.06 bits per heavy atom. The molecule has 0 spiro atoms. The predicted molar refractivity (Wildman–Crippen MR) is 159 cm³/mol. The normalized spacial score (nSPS) is 37.3. The van der Waals surface area contributed by atoms with Crippen LogP contribution in [0.15, 0.2) is 23.3 Å². The number of hydrogen-bond donors (Lipinski definition) is 0. The van der Waals surface area contributed by atoms with Gasteiger partial charge in [-0.05, 0) is 91.3 Å². The Hall–Kier alpha value is -0.520. The van der Waals surface area contributed by atoms with Gasteiger partial charge in [-0.2, -0.15) is 0 Å². The van der Waals surface area contributed by atoms with Crippen LogP contribution in [0.5, 0.6) is 0 Å². The first-order valence-electron chi connectivity index (χ1n) is 16.2. The van der Waals surface area contributed by atoms with E-state index in [9.17, 15) is 0 Å². The van der Waals surface area contributed by atoms with E-state index < -0.39 is 0 Å². The third-order valence-corrected chi connectivity index (χ3v) is 10.4. The van der Waals surface area contributed by atoms with Gasteiger partial charge in [-0.3, -0.25) is 0 Å². The summed E-state index contributed by atoms with van der Waals surface area (Å²) in [7, 11) is 0. The Balaban J connectivity index is 0.000000550. The zero-order chi connectivity index (χ0) is 26.2. The second-order valence-electron chi connectivity index (χ2n) is 13.3. The van der Waals surface area contributed by atoms with Crippen LogP contribution < -0.4 is 0 Å². The summed E-state index contributed by atoms with van der Waals surface area (Å²) in [6.07, 6.45) is 24.1. The Morgan fingerprint density at radius 2 is 1.46 bits per heavy atom. The highest BCUT2D eigenvalue weighted by atomic mass is 14.6. The van der Waals surface area contributed by atoms with E-state index in [1.807, 2.05) is 33.3 Å². The molecule has 7 unspecified atom stereocenters. The topological polar surface area (TPSA) is 0 Å². The van der Waals surface area contributed by atoms with Crippen LogP contribution in [0.1, 0.15) is 153 Å². The summed E-state index contributed by atoms with van der Waals surface area (Å²) in [6, 6.07) is 0. The summed E-state index contributed by atoms with van der Waals surface area (Å²) in [4.78, 5) is 0. The van der Waals surface area contributed by atoms with Crippen LogP contribution in [0.3, 0.4) is 0 Å². The molecule has 0 nitrogen and oxygen atoms in total. The van der Waals surface area contributed by atoms with E-state index in [4.69, 9.17) is 0 Å². The lowest BCUT2D eigenvalue weighted by atomic mass is 9.49. The molecule has 0 heterocycles. The fourth-order valence-electron chi connectivity index (χ4n) is 8.21. The highest BCUT2D eigenvalue weighted by molar-refractivity contribution is 5.38. The molecule has 4 fully saturated rings. The van der Waals surface area contributed by atoms with E-state index in [-0.39, 0.29) is 0 Å². The summed E-state index contributed by atoms with van der Waals surface area (Å²) in [5, 5.41) is 0. The maximum Gasteiger partial charge on any atom is -0.00474 e. The fourth-order valence-corrected chi connectivity index (χ4v) is 8.21. The molecule has 0 aliphatic heterocycles. The first-order chi connectivity index (χ1) is 16.8. The van der Waals surface area contributed by atoms with Crippen molar-refractivity contribution in [1.82, 2.24) is 0 Å². The zero-order valence-electron chi connectivity index (χ0n) is 25.8. The molecule has 5 aliphatic rings. The van der Waals surface area contributed by atoms with Crippen LogP contribution in [0.25, 0.3) is 0 Å². The minimum absolute atomic E-state index is 0.485. The summed E-state index contributed by atoms with van der Waals surface area (Å²) >= 11 is 0. The molecule has 0 N–H and O–H groups in total. The van der Waals surface area contributed by atoms with Gasteiger partial charge in [0, 0.05) is 0 Å². The largest absolute Gasteiger partial charge is 0.0683 e. The van der Waals surface area contributed by atoms with Gasteiger partial charge in [0.2, 0.25) is 0 Å². The smallest absolute Gasteiger partial charge is 0.00474 e. The third-order valence-electron chi connectivity index (χ3n) is 10.4. The molecule has 0 radical (unpaired) electrons. The van der Waals surface area contributed by atoms with Crippen LogP contribution in [0.4, 0.5) is 0 Å². The van der Waals surface area contributed by atoms with Gasteiger partial charge in [0.1, 0.15) is 0 Å². The van der Waals surface area contributed by atoms with Gasteiger partial charge in [-0.1, -0.05) is 131 Å². The van der Waals surface area contributed by atoms with Crippen LogP contribution in [-0.2, 0) is 0 Å². The van der Waals surface area contributed by atoms with Gasteiger partial charge < -0.3 is 0 Å². The highest BCUT2D eigenvalue weighted by Gasteiger charge is 2.56. The molecule has 0 saturated heterocycles. The molecule has 0 heteroatoms. The van der Waals surface area contributed by atoms with Crippen molar-refractivity contribution >= 4 is 0 Å². The lowest BCUT2D eigenvalue weighted by Gasteiger charge is -2.55. The number of fused-ring (bicyclic) bond motifs is 5. The minimum Gasteiger partial charge on any atom is -0.0683 e. The average Bonchev–Trinajstić information content (AvgIpc) is 3.69. The van der Waals surface area contributed by atoms with E-state index in [1.54, 1.807) is 5.57 Å². The van der Waals surface area contributed by atoms with Crippen LogP contribution >= 0.6 is 0 Å². The molecule has 0 aromatic carbocycles. The average molecular weight is 485 g/mol. The van der Waals surface area contributed by atoms with Crippen molar-refractivity contribution in [2.75, 3.05) is 0 Å². The SMILES string of the molecule is C1CC1.CC.CC.CC(C)CCCC(C)C1CCC2C3=CC=C4CC(C)CCC4(C)C3CCC21C. The number of allylic oxidation sites excluding steroid dienone is 4. The molecule has 0 aromatic rings. The monoisotopic (exact) mass is 485 g/mol. The Labute approximate surface area is 222 Å². The molecule has 7 atom stereocenters. The van der Waals surface area contributed by atoms with E-state index in [0.717, 1.165) is 35.5 Å². The molecule has 0 bridgehead atoms. The maximum atomic E-state index is 2.69. The fraction of sp³-hybridized carbons (Fsp3) is 0.886. The zero-order valence-corrected chi connectivity index (χ0v) is 25.8. The van der Waals surface area contributed by atoms with E-state index in [2.05, 4.69) is 53.7 Å². The van der Waals surface area contributed by atoms with Crippen molar-refractivity contribution in [1.29, 1.82) is 0 Å². The van der Waals surface area contributed by atoms with E-state index in [0.29, 0.717) is 10.8 Å². The quantitative estimate of drug-likeness (QED) is 0.364. The summed E-state index contributed by atoms with van der Waals surface area (Å²) in [6.45, 7) is 23.1. The molecule has 35 heavy (non-hydrogen) atoms. The molecule has 5 aliphatic carbocycles. The van der Waals surface area contributed by atoms with Crippen molar-refractivity contribution in [3.63, 3.8) is 0 Å². The van der Waals surface area contributed by atoms with Crippen LogP contribution in [-0.4, -0.2) is 0 Å². The molecule has 0 amide bonds. The standard InChI is InChI=1S/C28H46.C3H6.2C2H6/c1-19(2)8-7-9-21(4)24-12-13-25-23-11-10-22-18-20(3)14-16-27(22,5)26(23)15-17-28(24,25)6;1-2-3-1;2*1-2/h10-11,19-21,24-26H,7-9,12-18H2,1-6H3;1-3H2;2*1-2H3. The first-order valence-corrected chi connectivity index (χ1v) is 16.2. The molecular formula is C35H64. The molecular weight excluding hydrogens is 420 g/mol. The predicted octanol–water partition coefficient (Wildman–Crippen LogP) is 11.8. The van der Waals surface area contributed by atoms with Crippen molar-refractivity contribution < 1.29 is 0 Å². The molecule has 204 valence electrons. The number of hydrogen-bond acceptors (Lipinski definition) is 0. The first kappa shape index (κ1) is 30.7. The maximum absolute atomic E-state index is 2.69. The lowest BCUT2D eigenvalue weighted by molar-refractivity contribution is 0.0447. The molecule has 5 rings (SSSR count). The van der Waals surface area contributed by atoms with Crippen molar-refractivity contribution in [3.05, 3.63) is 23.3 Å². The van der Waals surface area contributed by atoms with Crippen molar-refractivity contribution in [2.24, 2.45) is 46.3 Å². The molecule has 4 saturated carbocycles.